The van der Waals surface area contributed by atoms with Crippen molar-refractivity contribution in [2.75, 3.05) is 12.0 Å². The molecule has 22 heavy (non-hydrogen) atoms. The number of nitrogens with one attached hydrogen (secondary N) is 1. The van der Waals surface area contributed by atoms with Gasteiger partial charge in [0, 0.05) is 23.0 Å². The summed E-state index contributed by atoms with van der Waals surface area (Å²) in [7, 11) is 0. The molecule has 2 heterocycles. The van der Waals surface area contributed by atoms with Crippen molar-refractivity contribution >= 4 is 23.1 Å². The summed E-state index contributed by atoms with van der Waals surface area (Å²) >= 11 is 5.98. The zero-order chi connectivity index (χ0) is 15.4. The molecule has 0 radical (unpaired) electrons. The number of hydrogen-bond donors (Lipinski definition) is 1. The van der Waals surface area contributed by atoms with Crippen molar-refractivity contribution < 1.29 is 4.39 Å². The number of halogens is 2. The quantitative estimate of drug-likeness (QED) is 0.779. The maximum absolute atomic E-state index is 12.3. The van der Waals surface area contributed by atoms with Gasteiger partial charge in [0.15, 0.2) is 5.82 Å². The minimum absolute atomic E-state index is 0.235. The number of aromatic nitrogens is 4. The molecule has 0 amide bonds. The highest BCUT2D eigenvalue weighted by molar-refractivity contribution is 6.30. The van der Waals surface area contributed by atoms with E-state index in [1.165, 1.54) is 4.68 Å². The Bertz CT molecular complexity index is 774. The van der Waals surface area contributed by atoms with Crippen LogP contribution in [0.1, 0.15) is 0 Å². The molecule has 0 fully saturated rings. The first-order chi connectivity index (χ1) is 10.7. The van der Waals surface area contributed by atoms with Crippen molar-refractivity contribution in [3.05, 3.63) is 53.9 Å². The molecular formula is C15H13ClFN5. The second-order valence-electron chi connectivity index (χ2n) is 4.58. The van der Waals surface area contributed by atoms with E-state index in [9.17, 15) is 4.39 Å². The van der Waals surface area contributed by atoms with E-state index in [1.807, 2.05) is 12.1 Å². The van der Waals surface area contributed by atoms with Gasteiger partial charge in [0.2, 0.25) is 0 Å². The molecule has 0 saturated carbocycles. The zero-order valence-electron chi connectivity index (χ0n) is 11.6. The molecule has 1 aromatic carbocycles. The third-order valence-corrected chi connectivity index (χ3v) is 3.19. The van der Waals surface area contributed by atoms with E-state index in [0.717, 1.165) is 11.3 Å². The second kappa shape index (κ2) is 6.53. The number of benzene rings is 1. The normalized spacial score (nSPS) is 10.6. The smallest absolute Gasteiger partial charge is 0.161 e. The first kappa shape index (κ1) is 14.5. The fourth-order valence-electron chi connectivity index (χ4n) is 1.98. The van der Waals surface area contributed by atoms with Gasteiger partial charge in [-0.15, -0.1) is 0 Å². The Labute approximate surface area is 131 Å². The van der Waals surface area contributed by atoms with Crippen LogP contribution in [0.3, 0.4) is 0 Å². The Morgan fingerprint density at radius 2 is 2.18 bits per heavy atom. The lowest BCUT2D eigenvalue weighted by Gasteiger charge is -2.05. The minimum Gasteiger partial charge on any atom is -0.338 e. The number of nitrogens with zero attached hydrogens (tertiary/aromatic N) is 4. The van der Waals surface area contributed by atoms with Gasteiger partial charge in [-0.2, -0.15) is 5.10 Å². The predicted molar refractivity (Wildman–Crippen MR) is 84.0 cm³/mol. The Hall–Kier alpha value is -2.47. The van der Waals surface area contributed by atoms with Crippen molar-refractivity contribution in [1.29, 1.82) is 0 Å². The van der Waals surface area contributed by atoms with E-state index in [0.29, 0.717) is 16.7 Å². The lowest BCUT2D eigenvalue weighted by atomic mass is 10.2. The van der Waals surface area contributed by atoms with Gasteiger partial charge in [-0.3, -0.25) is 4.68 Å². The molecule has 3 rings (SSSR count). The highest BCUT2D eigenvalue weighted by Crippen LogP contribution is 2.21. The van der Waals surface area contributed by atoms with Gasteiger partial charge in [0.25, 0.3) is 0 Å². The average molecular weight is 318 g/mol. The lowest BCUT2D eigenvalue weighted by Crippen LogP contribution is -1.99. The molecule has 0 bridgehead atoms. The highest BCUT2D eigenvalue weighted by Gasteiger charge is 2.05. The van der Waals surface area contributed by atoms with Gasteiger partial charge >= 0.3 is 0 Å². The van der Waals surface area contributed by atoms with Crippen molar-refractivity contribution in [3.8, 4) is 11.4 Å². The monoisotopic (exact) mass is 317 g/mol. The summed E-state index contributed by atoms with van der Waals surface area (Å²) in [6, 6.07) is 9.10. The van der Waals surface area contributed by atoms with Crippen LogP contribution in [-0.4, -0.2) is 26.4 Å². The summed E-state index contributed by atoms with van der Waals surface area (Å²) in [4.78, 5) is 8.69. The molecule has 1 N–H and O–H groups in total. The minimum atomic E-state index is -0.451. The summed E-state index contributed by atoms with van der Waals surface area (Å²) in [6.45, 7) is -0.216. The largest absolute Gasteiger partial charge is 0.338 e. The second-order valence-corrected chi connectivity index (χ2v) is 5.02. The molecule has 0 atom stereocenters. The van der Waals surface area contributed by atoms with Gasteiger partial charge in [-0.1, -0.05) is 23.7 Å². The van der Waals surface area contributed by atoms with E-state index in [1.54, 1.807) is 36.8 Å². The van der Waals surface area contributed by atoms with Crippen LogP contribution in [0.25, 0.3) is 11.4 Å². The Morgan fingerprint density at radius 3 is 3.00 bits per heavy atom. The van der Waals surface area contributed by atoms with Crippen LogP contribution in [0.5, 0.6) is 0 Å². The zero-order valence-corrected chi connectivity index (χ0v) is 12.3. The molecule has 0 saturated heterocycles. The maximum Gasteiger partial charge on any atom is 0.161 e. The van der Waals surface area contributed by atoms with Gasteiger partial charge < -0.3 is 5.32 Å². The fraction of sp³-hybridized carbons (Fsp3) is 0.133. The highest BCUT2D eigenvalue weighted by atomic mass is 35.5. The average Bonchev–Trinajstić information content (AvgIpc) is 2.95. The summed E-state index contributed by atoms with van der Waals surface area (Å²) in [5.41, 5.74) is 1.58. The van der Waals surface area contributed by atoms with Crippen LogP contribution in [0.4, 0.5) is 15.9 Å². The van der Waals surface area contributed by atoms with E-state index in [4.69, 9.17) is 11.6 Å². The molecule has 0 unspecified atom stereocenters. The molecule has 7 heteroatoms. The van der Waals surface area contributed by atoms with Crippen LogP contribution in [0.15, 0.2) is 48.9 Å². The fourth-order valence-corrected chi connectivity index (χ4v) is 2.17. The van der Waals surface area contributed by atoms with E-state index >= 15 is 0 Å². The number of hydrogen-bond acceptors (Lipinski definition) is 4. The molecule has 0 aliphatic carbocycles. The Balaban J connectivity index is 1.81. The Morgan fingerprint density at radius 1 is 1.27 bits per heavy atom. The van der Waals surface area contributed by atoms with E-state index < -0.39 is 6.67 Å². The predicted octanol–water partition coefficient (Wildman–Crippen LogP) is 3.71. The first-order valence-electron chi connectivity index (χ1n) is 6.69. The van der Waals surface area contributed by atoms with Crippen molar-refractivity contribution in [1.82, 2.24) is 19.7 Å². The van der Waals surface area contributed by atoms with Crippen LogP contribution in [0, 0.1) is 0 Å². The molecule has 0 spiro atoms. The molecule has 112 valence electrons. The third kappa shape index (κ3) is 3.40. The molecule has 0 aliphatic rings. The van der Waals surface area contributed by atoms with Gasteiger partial charge in [-0.05, 0) is 18.2 Å². The Kier molecular flexibility index (Phi) is 4.29. The number of rotatable bonds is 5. The SMILES string of the molecule is FCCn1cc(Nc2ccnc(-c3cccc(Cl)c3)n2)cn1. The van der Waals surface area contributed by atoms with E-state index in [2.05, 4.69) is 20.4 Å². The maximum atomic E-state index is 12.3. The van der Waals surface area contributed by atoms with Crippen LogP contribution in [-0.2, 0) is 6.54 Å². The first-order valence-corrected chi connectivity index (χ1v) is 7.07. The van der Waals surface area contributed by atoms with Crippen molar-refractivity contribution in [3.63, 3.8) is 0 Å². The van der Waals surface area contributed by atoms with Crippen LogP contribution in [0.2, 0.25) is 5.02 Å². The number of alkyl halides is 1. The summed E-state index contributed by atoms with van der Waals surface area (Å²) < 4.78 is 13.8. The van der Waals surface area contributed by atoms with Gasteiger partial charge in [-0.25, -0.2) is 14.4 Å². The van der Waals surface area contributed by atoms with Crippen LogP contribution < -0.4 is 5.32 Å². The van der Waals surface area contributed by atoms with Gasteiger partial charge in [0.1, 0.15) is 12.5 Å². The van der Waals surface area contributed by atoms with Crippen LogP contribution >= 0.6 is 11.6 Å². The van der Waals surface area contributed by atoms with Crippen molar-refractivity contribution in [2.24, 2.45) is 0 Å². The van der Waals surface area contributed by atoms with Crippen molar-refractivity contribution in [2.45, 2.75) is 6.54 Å². The topological polar surface area (TPSA) is 55.6 Å². The van der Waals surface area contributed by atoms with E-state index in [-0.39, 0.29) is 6.54 Å². The lowest BCUT2D eigenvalue weighted by molar-refractivity contribution is 0.427. The van der Waals surface area contributed by atoms with Gasteiger partial charge in [0.05, 0.1) is 18.4 Å². The molecule has 5 nitrogen and oxygen atoms in total. The standard InChI is InChI=1S/C15H13ClFN5/c16-12-3-1-2-11(8-12)15-18-6-4-14(21-15)20-13-9-19-22(10-13)7-5-17/h1-4,6,8-10H,5,7H2,(H,18,20,21). The molecular weight excluding hydrogens is 305 g/mol. The summed E-state index contributed by atoms with van der Waals surface area (Å²) in [6.07, 6.45) is 5.01. The number of aryl methyl sites for hydroxylation is 1. The molecule has 2 aromatic heterocycles. The number of anilines is 2. The summed E-state index contributed by atoms with van der Waals surface area (Å²) in [5, 5.41) is 7.80. The third-order valence-electron chi connectivity index (χ3n) is 2.96. The molecule has 3 aromatic rings. The summed E-state index contributed by atoms with van der Waals surface area (Å²) in [5.74, 6) is 1.20. The molecule has 0 aliphatic heterocycles.